The molecule has 4 N–H and O–H groups in total. The van der Waals surface area contributed by atoms with Crippen molar-refractivity contribution < 1.29 is 13.2 Å². The van der Waals surface area contributed by atoms with Crippen molar-refractivity contribution in [3.05, 3.63) is 23.8 Å². The Hall–Kier alpha value is -1.39. The fourth-order valence-corrected chi connectivity index (χ4v) is 0.819. The Kier molecular flexibility index (Phi) is 1.87. The SMILES string of the molecule is Nc1ccc(N)c(C(F)(F)F)c1. The summed E-state index contributed by atoms with van der Waals surface area (Å²) in [4.78, 5) is 0. The zero-order valence-electron chi connectivity index (χ0n) is 6.02. The summed E-state index contributed by atoms with van der Waals surface area (Å²) in [6.45, 7) is 0. The molecule has 0 radical (unpaired) electrons. The molecule has 5 heteroatoms. The second-order valence-electron chi connectivity index (χ2n) is 2.34. The molecule has 0 spiro atoms. The first kappa shape index (κ1) is 8.70. The molecule has 0 aliphatic heterocycles. The van der Waals surface area contributed by atoms with Gasteiger partial charge in [-0.2, -0.15) is 13.2 Å². The third-order valence-corrected chi connectivity index (χ3v) is 1.38. The van der Waals surface area contributed by atoms with Gasteiger partial charge in [0, 0.05) is 11.4 Å². The van der Waals surface area contributed by atoms with Crippen LogP contribution in [-0.2, 0) is 6.18 Å². The van der Waals surface area contributed by atoms with Crippen molar-refractivity contribution >= 4 is 11.4 Å². The van der Waals surface area contributed by atoms with Crippen molar-refractivity contribution in [2.45, 2.75) is 6.18 Å². The van der Waals surface area contributed by atoms with Gasteiger partial charge in [0.15, 0.2) is 0 Å². The molecule has 1 aromatic rings. The number of alkyl halides is 3. The highest BCUT2D eigenvalue weighted by Crippen LogP contribution is 2.34. The lowest BCUT2D eigenvalue weighted by Crippen LogP contribution is -2.09. The molecule has 66 valence electrons. The van der Waals surface area contributed by atoms with Crippen LogP contribution in [0.25, 0.3) is 0 Å². The van der Waals surface area contributed by atoms with Crippen LogP contribution in [-0.4, -0.2) is 0 Å². The molecule has 12 heavy (non-hydrogen) atoms. The van der Waals surface area contributed by atoms with Crippen molar-refractivity contribution in [1.29, 1.82) is 0 Å². The molecule has 2 nitrogen and oxygen atoms in total. The maximum Gasteiger partial charge on any atom is 0.418 e. The molecule has 0 aliphatic carbocycles. The van der Waals surface area contributed by atoms with Gasteiger partial charge < -0.3 is 11.5 Å². The summed E-state index contributed by atoms with van der Waals surface area (Å²) in [5.41, 5.74) is 9.13. The number of hydrogen-bond acceptors (Lipinski definition) is 2. The smallest absolute Gasteiger partial charge is 0.399 e. The van der Waals surface area contributed by atoms with Crippen LogP contribution in [0.1, 0.15) is 5.56 Å². The van der Waals surface area contributed by atoms with E-state index >= 15 is 0 Å². The Labute approximate surface area is 67.0 Å². The third-order valence-electron chi connectivity index (χ3n) is 1.38. The van der Waals surface area contributed by atoms with E-state index in [0.29, 0.717) is 0 Å². The van der Waals surface area contributed by atoms with E-state index in [1.807, 2.05) is 0 Å². The fourth-order valence-electron chi connectivity index (χ4n) is 0.819. The van der Waals surface area contributed by atoms with Crippen molar-refractivity contribution in [3.8, 4) is 0 Å². The van der Waals surface area contributed by atoms with Gasteiger partial charge in [-0.1, -0.05) is 0 Å². The molecule has 0 aliphatic rings. The quantitative estimate of drug-likeness (QED) is 0.593. The first-order valence-electron chi connectivity index (χ1n) is 3.13. The first-order valence-corrected chi connectivity index (χ1v) is 3.13. The zero-order chi connectivity index (χ0) is 9.35. The predicted octanol–water partition coefficient (Wildman–Crippen LogP) is 1.87. The highest BCUT2D eigenvalue weighted by molar-refractivity contribution is 5.56. The molecule has 1 rings (SSSR count). The summed E-state index contributed by atoms with van der Waals surface area (Å²) in [7, 11) is 0. The van der Waals surface area contributed by atoms with E-state index in [1.54, 1.807) is 0 Å². The average Bonchev–Trinajstić information content (AvgIpc) is 1.92. The second-order valence-corrected chi connectivity index (χ2v) is 2.34. The van der Waals surface area contributed by atoms with Gasteiger partial charge in [0.25, 0.3) is 0 Å². The Morgan fingerprint density at radius 3 is 2.08 bits per heavy atom. The molecular formula is C7H7F3N2. The normalized spacial score (nSPS) is 11.6. The number of anilines is 2. The van der Waals surface area contributed by atoms with Crippen molar-refractivity contribution in [1.82, 2.24) is 0 Å². The topological polar surface area (TPSA) is 52.0 Å². The van der Waals surface area contributed by atoms with Crippen LogP contribution < -0.4 is 11.5 Å². The van der Waals surface area contributed by atoms with Gasteiger partial charge in [-0.05, 0) is 18.2 Å². The van der Waals surface area contributed by atoms with E-state index < -0.39 is 11.7 Å². The average molecular weight is 176 g/mol. The monoisotopic (exact) mass is 176 g/mol. The molecule has 1 aromatic carbocycles. The van der Waals surface area contributed by atoms with E-state index in [9.17, 15) is 13.2 Å². The highest BCUT2D eigenvalue weighted by Gasteiger charge is 2.32. The largest absolute Gasteiger partial charge is 0.418 e. The summed E-state index contributed by atoms with van der Waals surface area (Å²) in [6.07, 6.45) is -4.43. The molecule has 0 bridgehead atoms. The van der Waals surface area contributed by atoms with Gasteiger partial charge in [-0.15, -0.1) is 0 Å². The lowest BCUT2D eigenvalue weighted by molar-refractivity contribution is -0.136. The maximum absolute atomic E-state index is 12.1. The Morgan fingerprint density at radius 1 is 1.08 bits per heavy atom. The summed E-state index contributed by atoms with van der Waals surface area (Å²) >= 11 is 0. The summed E-state index contributed by atoms with van der Waals surface area (Å²) in [5, 5.41) is 0. The van der Waals surface area contributed by atoms with E-state index in [2.05, 4.69) is 0 Å². The molecular weight excluding hydrogens is 169 g/mol. The Balaban J connectivity index is 3.23. The molecule has 0 amide bonds. The van der Waals surface area contributed by atoms with Crippen LogP contribution in [0, 0.1) is 0 Å². The van der Waals surface area contributed by atoms with Gasteiger partial charge >= 0.3 is 6.18 Å². The molecule has 0 aromatic heterocycles. The second kappa shape index (κ2) is 2.58. The molecule has 0 fully saturated rings. The Morgan fingerprint density at radius 2 is 1.67 bits per heavy atom. The standard InChI is InChI=1S/C7H7F3N2/c8-7(9,10)5-3-4(11)1-2-6(5)12/h1-3H,11-12H2. The number of nitrogen functional groups attached to an aromatic ring is 2. The van der Waals surface area contributed by atoms with Gasteiger partial charge in [0.05, 0.1) is 5.56 Å². The third kappa shape index (κ3) is 1.61. The lowest BCUT2D eigenvalue weighted by atomic mass is 10.1. The number of hydrogen-bond donors (Lipinski definition) is 2. The number of halogens is 3. The Bertz CT molecular complexity index is 293. The van der Waals surface area contributed by atoms with Crippen molar-refractivity contribution in [2.75, 3.05) is 11.5 Å². The summed E-state index contributed by atoms with van der Waals surface area (Å²) in [5.74, 6) is 0. The molecule has 0 saturated carbocycles. The van der Waals surface area contributed by atoms with Gasteiger partial charge in [0.2, 0.25) is 0 Å². The molecule has 0 heterocycles. The van der Waals surface area contributed by atoms with E-state index in [1.165, 1.54) is 6.07 Å². The first-order chi connectivity index (χ1) is 5.41. The minimum Gasteiger partial charge on any atom is -0.399 e. The number of nitrogens with two attached hydrogens (primary N) is 2. The summed E-state index contributed by atoms with van der Waals surface area (Å²) < 4.78 is 36.3. The van der Waals surface area contributed by atoms with E-state index in [-0.39, 0.29) is 11.4 Å². The van der Waals surface area contributed by atoms with Crippen LogP contribution in [0.3, 0.4) is 0 Å². The molecule has 0 atom stereocenters. The van der Waals surface area contributed by atoms with Crippen molar-refractivity contribution in [2.24, 2.45) is 0 Å². The number of benzene rings is 1. The number of rotatable bonds is 0. The molecule has 0 saturated heterocycles. The fraction of sp³-hybridized carbons (Fsp3) is 0.143. The van der Waals surface area contributed by atoms with Crippen LogP contribution in [0.2, 0.25) is 0 Å². The highest BCUT2D eigenvalue weighted by atomic mass is 19.4. The zero-order valence-corrected chi connectivity index (χ0v) is 6.02. The van der Waals surface area contributed by atoms with E-state index in [0.717, 1.165) is 12.1 Å². The van der Waals surface area contributed by atoms with Crippen LogP contribution in [0.4, 0.5) is 24.5 Å². The van der Waals surface area contributed by atoms with Crippen molar-refractivity contribution in [3.63, 3.8) is 0 Å². The van der Waals surface area contributed by atoms with Gasteiger partial charge in [0.1, 0.15) is 0 Å². The summed E-state index contributed by atoms with van der Waals surface area (Å²) in [6, 6.07) is 3.28. The maximum atomic E-state index is 12.1. The van der Waals surface area contributed by atoms with Crippen LogP contribution in [0.15, 0.2) is 18.2 Å². The van der Waals surface area contributed by atoms with Crippen LogP contribution in [0.5, 0.6) is 0 Å². The van der Waals surface area contributed by atoms with Gasteiger partial charge in [-0.3, -0.25) is 0 Å². The minimum absolute atomic E-state index is 0.0523. The van der Waals surface area contributed by atoms with E-state index in [4.69, 9.17) is 11.5 Å². The van der Waals surface area contributed by atoms with Crippen LogP contribution >= 0.6 is 0 Å². The lowest BCUT2D eigenvalue weighted by Gasteiger charge is -2.09. The minimum atomic E-state index is -4.43. The van der Waals surface area contributed by atoms with Gasteiger partial charge in [-0.25, -0.2) is 0 Å². The molecule has 0 unspecified atom stereocenters. The predicted molar refractivity (Wildman–Crippen MR) is 40.3 cm³/mol.